The second-order valence-electron chi connectivity index (χ2n) is 5.32. The van der Waals surface area contributed by atoms with Crippen molar-refractivity contribution >= 4 is 10.0 Å². The summed E-state index contributed by atoms with van der Waals surface area (Å²) in [4.78, 5) is 0.117. The van der Waals surface area contributed by atoms with Crippen molar-refractivity contribution in [2.75, 3.05) is 7.11 Å². The third kappa shape index (κ3) is 3.18. The summed E-state index contributed by atoms with van der Waals surface area (Å²) in [5, 5.41) is 5.38. The molecule has 122 valence electrons. The molecule has 0 heterocycles. The second kappa shape index (κ2) is 6.47. The molecule has 24 heavy (non-hydrogen) atoms. The van der Waals surface area contributed by atoms with E-state index in [2.05, 4.69) is 0 Å². The molecule has 0 aliphatic heterocycles. The zero-order chi connectivity index (χ0) is 17.2. The van der Waals surface area contributed by atoms with Gasteiger partial charge in [-0.05, 0) is 34.9 Å². The molecule has 0 bridgehead atoms. The summed E-state index contributed by atoms with van der Waals surface area (Å²) in [7, 11) is -2.19. The van der Waals surface area contributed by atoms with Crippen LogP contribution in [0.5, 0.6) is 5.75 Å². The maximum Gasteiger partial charge on any atom is 0.238 e. The molecule has 0 amide bonds. The summed E-state index contributed by atoms with van der Waals surface area (Å²) in [5.74, 6) is 0.765. The van der Waals surface area contributed by atoms with Gasteiger partial charge in [0.1, 0.15) is 5.75 Å². The van der Waals surface area contributed by atoms with Crippen molar-refractivity contribution in [1.82, 2.24) is 0 Å². The van der Waals surface area contributed by atoms with Crippen molar-refractivity contribution in [3.63, 3.8) is 0 Å². The highest BCUT2D eigenvalue weighted by Gasteiger charge is 2.17. The van der Waals surface area contributed by atoms with Crippen LogP contribution in [0.15, 0.2) is 77.7 Å². The molecule has 3 aromatic rings. The van der Waals surface area contributed by atoms with Crippen LogP contribution in [0.3, 0.4) is 0 Å². The van der Waals surface area contributed by atoms with Crippen molar-refractivity contribution in [3.8, 4) is 28.0 Å². The Kier molecular flexibility index (Phi) is 4.38. The SMILES string of the molecule is COc1ccc(-c2ccccc2-c2ccccc2S(N)(=O)=O)cc1. The van der Waals surface area contributed by atoms with Gasteiger partial charge < -0.3 is 4.74 Å². The van der Waals surface area contributed by atoms with Crippen LogP contribution < -0.4 is 9.88 Å². The Balaban J connectivity index is 2.21. The maximum absolute atomic E-state index is 11.9. The minimum Gasteiger partial charge on any atom is -0.497 e. The lowest BCUT2D eigenvalue weighted by Gasteiger charge is -2.13. The average Bonchev–Trinajstić information content (AvgIpc) is 2.61. The number of sulfonamides is 1. The summed E-state index contributed by atoms with van der Waals surface area (Å²) < 4.78 is 29.0. The van der Waals surface area contributed by atoms with Crippen LogP contribution in [0.2, 0.25) is 0 Å². The number of benzene rings is 3. The van der Waals surface area contributed by atoms with Crippen LogP contribution in [-0.4, -0.2) is 15.5 Å². The number of nitrogens with two attached hydrogens (primary N) is 1. The van der Waals surface area contributed by atoms with Crippen molar-refractivity contribution < 1.29 is 13.2 Å². The molecule has 0 fully saturated rings. The highest BCUT2D eigenvalue weighted by Crippen LogP contribution is 2.35. The van der Waals surface area contributed by atoms with Crippen molar-refractivity contribution in [3.05, 3.63) is 72.8 Å². The van der Waals surface area contributed by atoms with Gasteiger partial charge in [0, 0.05) is 5.56 Å². The Labute approximate surface area is 141 Å². The first-order chi connectivity index (χ1) is 11.5. The van der Waals surface area contributed by atoms with Crippen LogP contribution >= 0.6 is 0 Å². The van der Waals surface area contributed by atoms with Gasteiger partial charge in [0.05, 0.1) is 12.0 Å². The van der Waals surface area contributed by atoms with Gasteiger partial charge >= 0.3 is 0 Å². The molecule has 4 nitrogen and oxygen atoms in total. The average molecular weight is 339 g/mol. The normalized spacial score (nSPS) is 11.2. The molecular weight excluding hydrogens is 322 g/mol. The standard InChI is InChI=1S/C19H17NO3S/c1-23-15-12-10-14(11-13-15)16-6-2-3-7-17(16)18-8-4-5-9-19(18)24(20,21)22/h2-13H,1H3,(H2,20,21,22). The highest BCUT2D eigenvalue weighted by molar-refractivity contribution is 7.89. The zero-order valence-electron chi connectivity index (χ0n) is 13.1. The zero-order valence-corrected chi connectivity index (χ0v) is 14.0. The van der Waals surface area contributed by atoms with E-state index in [0.29, 0.717) is 5.56 Å². The number of rotatable bonds is 4. The lowest BCUT2D eigenvalue weighted by atomic mass is 9.94. The van der Waals surface area contributed by atoms with E-state index in [-0.39, 0.29) is 4.90 Å². The van der Waals surface area contributed by atoms with E-state index in [4.69, 9.17) is 9.88 Å². The van der Waals surface area contributed by atoms with E-state index in [9.17, 15) is 8.42 Å². The fourth-order valence-electron chi connectivity index (χ4n) is 2.68. The quantitative estimate of drug-likeness (QED) is 0.788. The van der Waals surface area contributed by atoms with Gasteiger partial charge in [-0.2, -0.15) is 0 Å². The maximum atomic E-state index is 11.9. The van der Waals surface area contributed by atoms with E-state index in [0.717, 1.165) is 22.4 Å². The molecule has 0 saturated carbocycles. The van der Waals surface area contributed by atoms with E-state index < -0.39 is 10.0 Å². The molecule has 0 saturated heterocycles. The van der Waals surface area contributed by atoms with Gasteiger partial charge in [-0.1, -0.05) is 54.6 Å². The van der Waals surface area contributed by atoms with E-state index >= 15 is 0 Å². The number of ether oxygens (including phenoxy) is 1. The second-order valence-corrected chi connectivity index (χ2v) is 6.85. The van der Waals surface area contributed by atoms with Crippen LogP contribution in [-0.2, 0) is 10.0 Å². The van der Waals surface area contributed by atoms with Gasteiger partial charge in [0.25, 0.3) is 0 Å². The Morgan fingerprint density at radius 2 is 1.29 bits per heavy atom. The van der Waals surface area contributed by atoms with E-state index in [1.54, 1.807) is 25.3 Å². The molecule has 0 atom stereocenters. The van der Waals surface area contributed by atoms with Crippen LogP contribution in [0.1, 0.15) is 0 Å². The van der Waals surface area contributed by atoms with Crippen LogP contribution in [0, 0.1) is 0 Å². The number of hydrogen-bond acceptors (Lipinski definition) is 3. The summed E-state index contributed by atoms with van der Waals surface area (Å²) in [6.07, 6.45) is 0. The Morgan fingerprint density at radius 3 is 1.88 bits per heavy atom. The Hall–Kier alpha value is -2.63. The molecule has 0 aromatic heterocycles. The van der Waals surface area contributed by atoms with Gasteiger partial charge in [0.2, 0.25) is 10.0 Å². The van der Waals surface area contributed by atoms with Crippen molar-refractivity contribution in [1.29, 1.82) is 0 Å². The van der Waals surface area contributed by atoms with E-state index in [1.807, 2.05) is 48.5 Å². The fourth-order valence-corrected chi connectivity index (χ4v) is 3.43. The first-order valence-corrected chi connectivity index (χ1v) is 8.91. The fraction of sp³-hybridized carbons (Fsp3) is 0.0526. The number of hydrogen-bond donors (Lipinski definition) is 1. The molecule has 5 heteroatoms. The molecular formula is C19H17NO3S. The van der Waals surface area contributed by atoms with E-state index in [1.165, 1.54) is 6.07 Å². The minimum atomic E-state index is -3.81. The molecule has 0 radical (unpaired) electrons. The molecule has 2 N–H and O–H groups in total. The number of methoxy groups -OCH3 is 1. The molecule has 0 unspecified atom stereocenters. The number of primary sulfonamides is 1. The lowest BCUT2D eigenvalue weighted by molar-refractivity contribution is 0.415. The monoisotopic (exact) mass is 339 g/mol. The first-order valence-electron chi connectivity index (χ1n) is 7.36. The summed E-state index contributed by atoms with van der Waals surface area (Å²) in [6, 6.07) is 22.0. The summed E-state index contributed by atoms with van der Waals surface area (Å²) >= 11 is 0. The molecule has 0 aliphatic rings. The largest absolute Gasteiger partial charge is 0.497 e. The third-order valence-corrected chi connectivity index (χ3v) is 4.78. The molecule has 0 spiro atoms. The van der Waals surface area contributed by atoms with Gasteiger partial charge in [-0.15, -0.1) is 0 Å². The van der Waals surface area contributed by atoms with Crippen molar-refractivity contribution in [2.24, 2.45) is 5.14 Å². The van der Waals surface area contributed by atoms with Crippen LogP contribution in [0.25, 0.3) is 22.3 Å². The predicted molar refractivity (Wildman–Crippen MR) is 95.2 cm³/mol. The summed E-state index contributed by atoms with van der Waals surface area (Å²) in [6.45, 7) is 0. The first kappa shape index (κ1) is 16.2. The topological polar surface area (TPSA) is 69.4 Å². The Bertz CT molecular complexity index is 964. The van der Waals surface area contributed by atoms with Crippen LogP contribution in [0.4, 0.5) is 0 Å². The summed E-state index contributed by atoms with van der Waals surface area (Å²) in [5.41, 5.74) is 3.30. The van der Waals surface area contributed by atoms with Gasteiger partial charge in [-0.3, -0.25) is 0 Å². The molecule has 3 rings (SSSR count). The predicted octanol–water partition coefficient (Wildman–Crippen LogP) is 3.68. The molecule has 3 aromatic carbocycles. The highest BCUT2D eigenvalue weighted by atomic mass is 32.2. The smallest absolute Gasteiger partial charge is 0.238 e. The third-order valence-electron chi connectivity index (χ3n) is 3.81. The van der Waals surface area contributed by atoms with Gasteiger partial charge in [0.15, 0.2) is 0 Å². The Morgan fingerprint density at radius 1 is 0.750 bits per heavy atom. The van der Waals surface area contributed by atoms with Crippen molar-refractivity contribution in [2.45, 2.75) is 4.90 Å². The lowest BCUT2D eigenvalue weighted by Crippen LogP contribution is -2.13. The molecule has 0 aliphatic carbocycles. The van der Waals surface area contributed by atoms with Gasteiger partial charge in [-0.25, -0.2) is 13.6 Å². The minimum absolute atomic E-state index is 0.117.